The molecule has 0 aromatic heterocycles. The molecule has 0 atom stereocenters. The minimum Gasteiger partial charge on any atom is -1.00 e. The third-order valence-electron chi connectivity index (χ3n) is 1.94. The fourth-order valence-electron chi connectivity index (χ4n) is 0.668. The van der Waals surface area contributed by atoms with Crippen molar-refractivity contribution in [3.8, 4) is 0 Å². The first-order chi connectivity index (χ1) is 4.24. The predicted molar refractivity (Wildman–Crippen MR) is 35.5 cm³/mol. The van der Waals surface area contributed by atoms with Crippen molar-refractivity contribution in [2.24, 2.45) is 0 Å². The van der Waals surface area contributed by atoms with Gasteiger partial charge in [-0.3, -0.25) is 4.48 Å². The molecule has 0 heterocycles. The molecule has 0 aliphatic rings. The van der Waals surface area contributed by atoms with E-state index in [-0.39, 0.29) is 25.9 Å². The van der Waals surface area contributed by atoms with Crippen LogP contribution in [0.25, 0.3) is 0 Å². The Morgan fingerprint density at radius 3 is 1.30 bits per heavy atom. The molecule has 2 N–H and O–H groups in total. The van der Waals surface area contributed by atoms with E-state index < -0.39 is 0 Å². The van der Waals surface area contributed by atoms with Crippen LogP contribution in [0.3, 0.4) is 0 Å². The minimum absolute atomic E-state index is 0. The molecule has 3 nitrogen and oxygen atoms in total. The van der Waals surface area contributed by atoms with E-state index in [0.717, 1.165) is 13.1 Å². The van der Waals surface area contributed by atoms with E-state index in [0.29, 0.717) is 4.48 Å². The van der Waals surface area contributed by atoms with E-state index in [1.165, 1.54) is 0 Å². The average Bonchev–Trinajstić information content (AvgIpc) is 1.95. The highest BCUT2D eigenvalue weighted by Gasteiger charge is 2.19. The molecule has 0 saturated heterocycles. The van der Waals surface area contributed by atoms with E-state index in [4.69, 9.17) is 10.2 Å². The summed E-state index contributed by atoms with van der Waals surface area (Å²) in [4.78, 5) is 0. The van der Waals surface area contributed by atoms with Gasteiger partial charge in [-0.1, -0.05) is 0 Å². The zero-order valence-electron chi connectivity index (χ0n) is 6.55. The van der Waals surface area contributed by atoms with Crippen molar-refractivity contribution in [3.05, 3.63) is 0 Å². The van der Waals surface area contributed by atoms with E-state index in [1.807, 2.05) is 13.8 Å². The summed E-state index contributed by atoms with van der Waals surface area (Å²) in [7, 11) is 0. The fourth-order valence-corrected chi connectivity index (χ4v) is 0.668. The summed E-state index contributed by atoms with van der Waals surface area (Å²) in [5.41, 5.74) is 0. The molecule has 0 bridgehead atoms. The quantitative estimate of drug-likeness (QED) is 0.343. The molecular formula is C6H16ClNO2. The number of halogens is 1. The normalized spacial score (nSPS) is 10.8. The van der Waals surface area contributed by atoms with E-state index in [9.17, 15) is 0 Å². The molecule has 0 fully saturated rings. The summed E-state index contributed by atoms with van der Waals surface area (Å²) < 4.78 is 0.389. The topological polar surface area (TPSA) is 40.5 Å². The zero-order chi connectivity index (χ0) is 7.33. The Hall–Kier alpha value is 0.170. The highest BCUT2D eigenvalue weighted by molar-refractivity contribution is 4.23. The Balaban J connectivity index is 0. The molecule has 10 heavy (non-hydrogen) atoms. The Labute approximate surface area is 68.3 Å². The van der Waals surface area contributed by atoms with E-state index >= 15 is 0 Å². The van der Waals surface area contributed by atoms with Crippen molar-refractivity contribution >= 4 is 0 Å². The van der Waals surface area contributed by atoms with Gasteiger partial charge in [0.05, 0.1) is 13.1 Å². The van der Waals surface area contributed by atoms with E-state index in [1.54, 1.807) is 0 Å². The Morgan fingerprint density at radius 2 is 1.30 bits per heavy atom. The molecule has 0 aliphatic heterocycles. The molecule has 0 unspecified atom stereocenters. The van der Waals surface area contributed by atoms with Crippen molar-refractivity contribution < 1.29 is 27.1 Å². The maximum Gasteiger partial charge on any atom is 0.182 e. The van der Waals surface area contributed by atoms with Gasteiger partial charge in [-0.05, 0) is 13.8 Å². The highest BCUT2D eigenvalue weighted by atomic mass is 35.5. The largest absolute Gasteiger partial charge is 1.00 e. The van der Waals surface area contributed by atoms with Crippen LogP contribution in [0.5, 0.6) is 0 Å². The van der Waals surface area contributed by atoms with Gasteiger partial charge in [0.2, 0.25) is 0 Å². The van der Waals surface area contributed by atoms with Crippen LogP contribution >= 0.6 is 0 Å². The summed E-state index contributed by atoms with van der Waals surface area (Å²) in [5, 5.41) is 17.6. The first-order valence-electron chi connectivity index (χ1n) is 3.31. The summed E-state index contributed by atoms with van der Waals surface area (Å²) >= 11 is 0. The standard InChI is InChI=1S/C6H16NO2.ClH/c1-3-7(4-2,5-8)6-9;/h8-9H,3-6H2,1-2H3;1H/q+1;/p-1. The van der Waals surface area contributed by atoms with Crippen molar-refractivity contribution in [1.29, 1.82) is 0 Å². The number of hydrogen-bond acceptors (Lipinski definition) is 2. The number of rotatable bonds is 4. The Kier molecular flexibility index (Phi) is 7.58. The molecule has 4 heteroatoms. The van der Waals surface area contributed by atoms with Crippen LogP contribution in [-0.2, 0) is 0 Å². The average molecular weight is 170 g/mol. The summed E-state index contributed by atoms with van der Waals surface area (Å²) in [5.74, 6) is 0. The first-order valence-corrected chi connectivity index (χ1v) is 3.31. The van der Waals surface area contributed by atoms with Crippen molar-refractivity contribution in [1.82, 2.24) is 0 Å². The minimum atomic E-state index is 0. The van der Waals surface area contributed by atoms with Crippen LogP contribution in [-0.4, -0.2) is 41.2 Å². The maximum absolute atomic E-state index is 8.79. The van der Waals surface area contributed by atoms with Crippen LogP contribution in [0, 0.1) is 0 Å². The lowest BCUT2D eigenvalue weighted by Crippen LogP contribution is -3.00. The van der Waals surface area contributed by atoms with Crippen molar-refractivity contribution in [2.45, 2.75) is 13.8 Å². The fraction of sp³-hybridized carbons (Fsp3) is 1.00. The van der Waals surface area contributed by atoms with Gasteiger partial charge in [-0.2, -0.15) is 0 Å². The summed E-state index contributed by atoms with van der Waals surface area (Å²) in [6.45, 7) is 5.53. The molecule has 64 valence electrons. The monoisotopic (exact) mass is 169 g/mol. The van der Waals surface area contributed by atoms with Gasteiger partial charge < -0.3 is 22.6 Å². The molecule has 0 saturated carbocycles. The molecule has 0 aliphatic carbocycles. The molecule has 0 aromatic rings. The molecule has 0 aromatic carbocycles. The van der Waals surface area contributed by atoms with Gasteiger partial charge in [0.1, 0.15) is 0 Å². The maximum atomic E-state index is 8.79. The molecule has 0 amide bonds. The van der Waals surface area contributed by atoms with Gasteiger partial charge in [-0.25, -0.2) is 0 Å². The lowest BCUT2D eigenvalue weighted by Gasteiger charge is -2.31. The van der Waals surface area contributed by atoms with Crippen LogP contribution in [0.15, 0.2) is 0 Å². The van der Waals surface area contributed by atoms with E-state index in [2.05, 4.69) is 0 Å². The Morgan fingerprint density at radius 1 is 1.00 bits per heavy atom. The Bertz CT molecular complexity index is 58.6. The zero-order valence-corrected chi connectivity index (χ0v) is 7.30. The third-order valence-corrected chi connectivity index (χ3v) is 1.94. The number of aliphatic hydroxyl groups excluding tert-OH is 2. The molecular weight excluding hydrogens is 154 g/mol. The lowest BCUT2D eigenvalue weighted by molar-refractivity contribution is -0.958. The van der Waals surface area contributed by atoms with Gasteiger partial charge in [0, 0.05) is 0 Å². The molecule has 0 spiro atoms. The van der Waals surface area contributed by atoms with Crippen molar-refractivity contribution in [2.75, 3.05) is 26.6 Å². The number of hydrogen-bond donors (Lipinski definition) is 2. The van der Waals surface area contributed by atoms with Crippen LogP contribution in [0.4, 0.5) is 0 Å². The highest BCUT2D eigenvalue weighted by Crippen LogP contribution is 2.00. The van der Waals surface area contributed by atoms with Gasteiger partial charge in [0.25, 0.3) is 0 Å². The molecule has 0 radical (unpaired) electrons. The summed E-state index contributed by atoms with van der Waals surface area (Å²) in [6.07, 6.45) is 0. The van der Waals surface area contributed by atoms with Gasteiger partial charge in [0.15, 0.2) is 13.5 Å². The van der Waals surface area contributed by atoms with Gasteiger partial charge >= 0.3 is 0 Å². The number of aliphatic hydroxyl groups is 2. The summed E-state index contributed by atoms with van der Waals surface area (Å²) in [6, 6.07) is 0. The van der Waals surface area contributed by atoms with Crippen LogP contribution in [0.2, 0.25) is 0 Å². The number of quaternary nitrogens is 1. The number of nitrogens with zero attached hydrogens (tertiary/aromatic N) is 1. The lowest BCUT2D eigenvalue weighted by atomic mass is 10.4. The second kappa shape index (κ2) is 5.92. The van der Waals surface area contributed by atoms with Crippen LogP contribution < -0.4 is 12.4 Å². The van der Waals surface area contributed by atoms with Gasteiger partial charge in [-0.15, -0.1) is 0 Å². The smallest absolute Gasteiger partial charge is 0.182 e. The molecule has 0 rings (SSSR count). The van der Waals surface area contributed by atoms with Crippen molar-refractivity contribution in [3.63, 3.8) is 0 Å². The second-order valence-electron chi connectivity index (χ2n) is 2.26. The second-order valence-corrected chi connectivity index (χ2v) is 2.26. The SMILES string of the molecule is CC[N+](CC)(CO)CO.[Cl-]. The third kappa shape index (κ3) is 2.84. The first kappa shape index (κ1) is 12.8. The predicted octanol–water partition coefficient (Wildman–Crippen LogP) is -3.25. The van der Waals surface area contributed by atoms with Crippen LogP contribution in [0.1, 0.15) is 13.8 Å².